The molecule has 1 N–H and O–H groups in total. The van der Waals surface area contributed by atoms with Gasteiger partial charge in [-0.2, -0.15) is 0 Å². The molecule has 17 heavy (non-hydrogen) atoms. The minimum atomic E-state index is 0.126. The number of fused-ring (bicyclic) bond motifs is 1. The Bertz CT molecular complexity index is 560. The third-order valence-electron chi connectivity index (χ3n) is 3.37. The Morgan fingerprint density at radius 1 is 1.29 bits per heavy atom. The van der Waals surface area contributed by atoms with Gasteiger partial charge in [-0.15, -0.1) is 0 Å². The summed E-state index contributed by atoms with van der Waals surface area (Å²) in [6.45, 7) is 0.812. The molecule has 1 aromatic carbocycles. The Hall–Kier alpha value is -1.90. The molecule has 2 aromatic rings. The van der Waals surface area contributed by atoms with Crippen LogP contribution in [0.5, 0.6) is 0 Å². The molecule has 1 atom stereocenters. The highest BCUT2D eigenvalue weighted by molar-refractivity contribution is 5.84. The molecule has 1 aromatic heterocycles. The second kappa shape index (κ2) is 4.17. The van der Waals surface area contributed by atoms with Gasteiger partial charge < -0.3 is 5.32 Å². The molecule has 0 radical (unpaired) electrons. The molecule has 0 spiro atoms. The first-order valence-electron chi connectivity index (χ1n) is 5.95. The maximum Gasteiger partial charge on any atom is 0.223 e. The molecule has 0 aliphatic carbocycles. The first kappa shape index (κ1) is 10.3. The lowest BCUT2D eigenvalue weighted by molar-refractivity contribution is -0.122. The zero-order valence-electron chi connectivity index (χ0n) is 9.52. The van der Waals surface area contributed by atoms with Gasteiger partial charge in [0.2, 0.25) is 5.91 Å². The van der Waals surface area contributed by atoms with Crippen LogP contribution in [0.25, 0.3) is 10.9 Å². The van der Waals surface area contributed by atoms with Crippen molar-refractivity contribution in [3.05, 3.63) is 42.1 Å². The molecule has 86 valence electrons. The summed E-state index contributed by atoms with van der Waals surface area (Å²) in [5.74, 6) is 0.312. The SMILES string of the molecule is O=C1NCCC1Cc1ccnc2ccccc12. The lowest BCUT2D eigenvalue weighted by Crippen LogP contribution is -2.20. The largest absolute Gasteiger partial charge is 0.356 e. The van der Waals surface area contributed by atoms with E-state index in [0.717, 1.165) is 30.3 Å². The maximum absolute atomic E-state index is 11.6. The number of pyridine rings is 1. The predicted molar refractivity (Wildman–Crippen MR) is 66.6 cm³/mol. The van der Waals surface area contributed by atoms with Crippen LogP contribution in [0.4, 0.5) is 0 Å². The molecular formula is C14H14N2O. The van der Waals surface area contributed by atoms with Crippen molar-refractivity contribution < 1.29 is 4.79 Å². The highest BCUT2D eigenvalue weighted by atomic mass is 16.2. The summed E-state index contributed by atoms with van der Waals surface area (Å²) in [6.07, 6.45) is 3.58. The third-order valence-corrected chi connectivity index (χ3v) is 3.37. The van der Waals surface area contributed by atoms with Gasteiger partial charge in [-0.25, -0.2) is 0 Å². The Morgan fingerprint density at radius 2 is 2.18 bits per heavy atom. The molecule has 0 saturated carbocycles. The average molecular weight is 226 g/mol. The van der Waals surface area contributed by atoms with Crippen molar-refractivity contribution >= 4 is 16.8 Å². The quantitative estimate of drug-likeness (QED) is 0.850. The summed E-state index contributed by atoms with van der Waals surface area (Å²) in [4.78, 5) is 15.9. The molecule has 3 rings (SSSR count). The lowest BCUT2D eigenvalue weighted by Gasteiger charge is -2.09. The number of carbonyl (C=O) groups is 1. The van der Waals surface area contributed by atoms with E-state index in [1.807, 2.05) is 30.5 Å². The molecule has 0 bridgehead atoms. The normalized spacial score (nSPS) is 19.5. The molecule has 1 aliphatic rings. The summed E-state index contributed by atoms with van der Waals surface area (Å²) >= 11 is 0. The number of hydrogen-bond donors (Lipinski definition) is 1. The van der Waals surface area contributed by atoms with E-state index in [9.17, 15) is 4.79 Å². The highest BCUT2D eigenvalue weighted by Crippen LogP contribution is 2.22. The van der Waals surface area contributed by atoms with Crippen LogP contribution in [0.1, 0.15) is 12.0 Å². The molecule has 2 heterocycles. The first-order valence-corrected chi connectivity index (χ1v) is 5.95. The number of nitrogens with zero attached hydrogens (tertiary/aromatic N) is 1. The van der Waals surface area contributed by atoms with Gasteiger partial charge >= 0.3 is 0 Å². The van der Waals surface area contributed by atoms with Crippen molar-refractivity contribution in [1.29, 1.82) is 0 Å². The Balaban J connectivity index is 1.97. The first-order chi connectivity index (χ1) is 8.34. The fraction of sp³-hybridized carbons (Fsp3) is 0.286. The molecule has 3 nitrogen and oxygen atoms in total. The molecule has 1 aliphatic heterocycles. The van der Waals surface area contributed by atoms with Gasteiger partial charge in [-0.1, -0.05) is 18.2 Å². The van der Waals surface area contributed by atoms with Crippen LogP contribution in [0.15, 0.2) is 36.5 Å². The Morgan fingerprint density at radius 3 is 3.00 bits per heavy atom. The summed E-state index contributed by atoms with van der Waals surface area (Å²) < 4.78 is 0. The number of amides is 1. The van der Waals surface area contributed by atoms with Crippen LogP contribution in [0, 0.1) is 5.92 Å². The fourth-order valence-electron chi connectivity index (χ4n) is 2.44. The standard InChI is InChI=1S/C14H14N2O/c17-14-11(6-8-16-14)9-10-5-7-15-13-4-2-1-3-12(10)13/h1-5,7,11H,6,8-9H2,(H,16,17). The number of aromatic nitrogens is 1. The zero-order valence-corrected chi connectivity index (χ0v) is 9.52. The number of hydrogen-bond acceptors (Lipinski definition) is 2. The van der Waals surface area contributed by atoms with E-state index in [-0.39, 0.29) is 11.8 Å². The molecule has 1 fully saturated rings. The number of carbonyl (C=O) groups excluding carboxylic acids is 1. The minimum Gasteiger partial charge on any atom is -0.356 e. The monoisotopic (exact) mass is 226 g/mol. The van der Waals surface area contributed by atoms with E-state index in [0.29, 0.717) is 0 Å². The van der Waals surface area contributed by atoms with Crippen molar-refractivity contribution in [3.63, 3.8) is 0 Å². The van der Waals surface area contributed by atoms with Crippen LogP contribution in [0.2, 0.25) is 0 Å². The van der Waals surface area contributed by atoms with Crippen LogP contribution in [-0.4, -0.2) is 17.4 Å². The summed E-state index contributed by atoms with van der Waals surface area (Å²) in [6, 6.07) is 10.1. The van der Waals surface area contributed by atoms with Crippen molar-refractivity contribution in [2.24, 2.45) is 5.92 Å². The lowest BCUT2D eigenvalue weighted by atomic mass is 9.96. The van der Waals surface area contributed by atoms with E-state index in [2.05, 4.69) is 16.4 Å². The van der Waals surface area contributed by atoms with Crippen LogP contribution >= 0.6 is 0 Å². The van der Waals surface area contributed by atoms with Gasteiger partial charge in [0, 0.05) is 24.0 Å². The van der Waals surface area contributed by atoms with Gasteiger partial charge in [0.15, 0.2) is 0 Å². The van der Waals surface area contributed by atoms with Gasteiger partial charge in [-0.3, -0.25) is 9.78 Å². The van der Waals surface area contributed by atoms with Gasteiger partial charge in [0.1, 0.15) is 0 Å². The van der Waals surface area contributed by atoms with E-state index in [1.165, 1.54) is 5.56 Å². The zero-order chi connectivity index (χ0) is 11.7. The summed E-state index contributed by atoms with van der Waals surface area (Å²) in [5, 5.41) is 4.05. The molecule has 1 saturated heterocycles. The van der Waals surface area contributed by atoms with Gasteiger partial charge in [-0.05, 0) is 30.5 Å². The number of para-hydroxylation sites is 1. The van der Waals surface area contributed by atoms with E-state index >= 15 is 0 Å². The van der Waals surface area contributed by atoms with Crippen molar-refractivity contribution in [3.8, 4) is 0 Å². The van der Waals surface area contributed by atoms with Crippen LogP contribution in [-0.2, 0) is 11.2 Å². The van der Waals surface area contributed by atoms with Crippen molar-refractivity contribution in [2.75, 3.05) is 6.54 Å². The van der Waals surface area contributed by atoms with Gasteiger partial charge in [0.25, 0.3) is 0 Å². The van der Waals surface area contributed by atoms with Crippen molar-refractivity contribution in [1.82, 2.24) is 10.3 Å². The Labute approximate surface area is 99.9 Å². The van der Waals surface area contributed by atoms with Gasteiger partial charge in [0.05, 0.1) is 5.52 Å². The Kier molecular flexibility index (Phi) is 2.52. The average Bonchev–Trinajstić information content (AvgIpc) is 2.76. The number of rotatable bonds is 2. The third kappa shape index (κ3) is 1.88. The number of nitrogens with one attached hydrogen (secondary N) is 1. The number of benzene rings is 1. The molecule has 1 amide bonds. The molecule has 1 unspecified atom stereocenters. The summed E-state index contributed by atoms with van der Waals surface area (Å²) in [5.41, 5.74) is 2.22. The smallest absolute Gasteiger partial charge is 0.223 e. The second-order valence-electron chi connectivity index (χ2n) is 4.47. The van der Waals surface area contributed by atoms with Crippen LogP contribution in [0.3, 0.4) is 0 Å². The fourth-order valence-corrected chi connectivity index (χ4v) is 2.44. The topological polar surface area (TPSA) is 42.0 Å². The second-order valence-corrected chi connectivity index (χ2v) is 4.47. The predicted octanol–water partition coefficient (Wildman–Crippen LogP) is 1.91. The molecular weight excluding hydrogens is 212 g/mol. The van der Waals surface area contributed by atoms with E-state index < -0.39 is 0 Å². The molecule has 3 heteroatoms. The highest BCUT2D eigenvalue weighted by Gasteiger charge is 2.24. The van der Waals surface area contributed by atoms with E-state index in [1.54, 1.807) is 0 Å². The van der Waals surface area contributed by atoms with E-state index in [4.69, 9.17) is 0 Å². The summed E-state index contributed by atoms with van der Waals surface area (Å²) in [7, 11) is 0. The van der Waals surface area contributed by atoms with Crippen molar-refractivity contribution in [2.45, 2.75) is 12.8 Å². The van der Waals surface area contributed by atoms with Crippen LogP contribution < -0.4 is 5.32 Å². The maximum atomic E-state index is 11.6. The minimum absolute atomic E-state index is 0.126.